The Bertz CT molecular complexity index is 724. The first-order valence-corrected chi connectivity index (χ1v) is 9.12. The summed E-state index contributed by atoms with van der Waals surface area (Å²) in [6.07, 6.45) is 1.35. The van der Waals surface area contributed by atoms with Crippen molar-refractivity contribution < 1.29 is 9.53 Å². The molecule has 0 aliphatic carbocycles. The second-order valence-electron chi connectivity index (χ2n) is 6.56. The van der Waals surface area contributed by atoms with Gasteiger partial charge in [0.2, 0.25) is 0 Å². The summed E-state index contributed by atoms with van der Waals surface area (Å²) in [5.41, 5.74) is 4.26. The molecule has 0 radical (unpaired) electrons. The summed E-state index contributed by atoms with van der Waals surface area (Å²) in [5, 5.41) is 3.05. The van der Waals surface area contributed by atoms with E-state index in [4.69, 9.17) is 4.74 Å². The number of carbonyl (C=O) groups is 1. The van der Waals surface area contributed by atoms with Crippen LogP contribution >= 0.6 is 0 Å². The van der Waals surface area contributed by atoms with E-state index in [9.17, 15) is 4.79 Å². The number of benzene rings is 2. The van der Waals surface area contributed by atoms with Crippen LogP contribution in [-0.4, -0.2) is 12.0 Å². The van der Waals surface area contributed by atoms with Crippen molar-refractivity contribution in [3.05, 3.63) is 59.2 Å². The molecule has 2 atom stereocenters. The van der Waals surface area contributed by atoms with E-state index < -0.39 is 6.10 Å². The van der Waals surface area contributed by atoms with Crippen molar-refractivity contribution in [1.82, 2.24) is 0 Å². The Kier molecular flexibility index (Phi) is 6.63. The third kappa shape index (κ3) is 4.62. The number of carbonyl (C=O) groups excluding carboxylic acids is 1. The Labute approximate surface area is 151 Å². The van der Waals surface area contributed by atoms with E-state index in [-0.39, 0.29) is 5.91 Å². The lowest BCUT2D eigenvalue weighted by molar-refractivity contribution is -0.122. The minimum absolute atomic E-state index is 0.122. The minimum atomic E-state index is -0.561. The normalized spacial score (nSPS) is 13.2. The first-order valence-electron chi connectivity index (χ1n) is 9.12. The molecule has 2 aromatic carbocycles. The molecule has 0 bridgehead atoms. The van der Waals surface area contributed by atoms with Crippen molar-refractivity contribution in [3.63, 3.8) is 0 Å². The first-order chi connectivity index (χ1) is 12.0. The van der Waals surface area contributed by atoms with E-state index in [2.05, 4.69) is 32.2 Å². The van der Waals surface area contributed by atoms with Crippen molar-refractivity contribution in [3.8, 4) is 5.75 Å². The Morgan fingerprint density at radius 1 is 1.08 bits per heavy atom. The SMILES string of the molecule is CCc1cccc(C)c1NC(=O)C(C)Oc1ccccc1C(C)CC. The van der Waals surface area contributed by atoms with Gasteiger partial charge in [-0.05, 0) is 55.4 Å². The predicted octanol–water partition coefficient (Wildman–Crippen LogP) is 5.48. The van der Waals surface area contributed by atoms with Gasteiger partial charge in [-0.2, -0.15) is 0 Å². The van der Waals surface area contributed by atoms with Gasteiger partial charge in [-0.3, -0.25) is 4.79 Å². The largest absolute Gasteiger partial charge is 0.481 e. The van der Waals surface area contributed by atoms with Gasteiger partial charge in [-0.15, -0.1) is 0 Å². The Morgan fingerprint density at radius 3 is 2.48 bits per heavy atom. The predicted molar refractivity (Wildman–Crippen MR) is 104 cm³/mol. The maximum atomic E-state index is 12.7. The second-order valence-corrected chi connectivity index (χ2v) is 6.56. The van der Waals surface area contributed by atoms with Crippen LogP contribution in [0.25, 0.3) is 0 Å². The molecule has 0 spiro atoms. The quantitative estimate of drug-likeness (QED) is 0.725. The molecule has 2 unspecified atom stereocenters. The highest BCUT2D eigenvalue weighted by Crippen LogP contribution is 2.29. The number of anilines is 1. The summed E-state index contributed by atoms with van der Waals surface area (Å²) in [6, 6.07) is 14.1. The van der Waals surface area contributed by atoms with Crippen molar-refractivity contribution in [1.29, 1.82) is 0 Å². The smallest absolute Gasteiger partial charge is 0.265 e. The molecule has 0 aliphatic heterocycles. The van der Waals surface area contributed by atoms with Gasteiger partial charge in [0.25, 0.3) is 5.91 Å². The van der Waals surface area contributed by atoms with Gasteiger partial charge in [0.05, 0.1) is 0 Å². The Balaban J connectivity index is 2.15. The van der Waals surface area contributed by atoms with Gasteiger partial charge >= 0.3 is 0 Å². The number of ether oxygens (including phenoxy) is 1. The standard InChI is InChI=1S/C22H29NO2/c1-6-15(3)19-13-8-9-14-20(19)25-17(5)22(24)23-21-16(4)11-10-12-18(21)7-2/h8-15,17H,6-7H2,1-5H3,(H,23,24). The van der Waals surface area contributed by atoms with E-state index in [0.29, 0.717) is 5.92 Å². The van der Waals surface area contributed by atoms with Crippen LogP contribution in [0.1, 0.15) is 56.7 Å². The fourth-order valence-electron chi connectivity index (χ4n) is 2.89. The van der Waals surface area contributed by atoms with Crippen molar-refractivity contribution >= 4 is 11.6 Å². The van der Waals surface area contributed by atoms with E-state index in [1.165, 1.54) is 0 Å². The average molecular weight is 339 g/mol. The summed E-state index contributed by atoms with van der Waals surface area (Å²) in [7, 11) is 0. The van der Waals surface area contributed by atoms with Crippen LogP contribution in [0.3, 0.4) is 0 Å². The molecule has 25 heavy (non-hydrogen) atoms. The molecule has 2 rings (SSSR count). The fourth-order valence-corrected chi connectivity index (χ4v) is 2.89. The summed E-state index contributed by atoms with van der Waals surface area (Å²) in [6.45, 7) is 10.2. The van der Waals surface area contributed by atoms with Crippen LogP contribution in [0.4, 0.5) is 5.69 Å². The van der Waals surface area contributed by atoms with Crippen LogP contribution in [0.2, 0.25) is 0 Å². The zero-order chi connectivity index (χ0) is 18.4. The Hall–Kier alpha value is -2.29. The van der Waals surface area contributed by atoms with Crippen LogP contribution in [-0.2, 0) is 11.2 Å². The molecule has 0 saturated heterocycles. The number of nitrogens with one attached hydrogen (secondary N) is 1. The second kappa shape index (κ2) is 8.70. The minimum Gasteiger partial charge on any atom is -0.481 e. The highest BCUT2D eigenvalue weighted by molar-refractivity contribution is 5.95. The summed E-state index contributed by atoms with van der Waals surface area (Å²) >= 11 is 0. The molecule has 134 valence electrons. The van der Waals surface area contributed by atoms with Crippen molar-refractivity contribution in [2.75, 3.05) is 5.32 Å². The molecule has 3 nitrogen and oxygen atoms in total. The molecule has 0 aromatic heterocycles. The van der Waals surface area contributed by atoms with Crippen molar-refractivity contribution in [2.24, 2.45) is 0 Å². The Morgan fingerprint density at radius 2 is 1.80 bits per heavy atom. The zero-order valence-corrected chi connectivity index (χ0v) is 15.9. The average Bonchev–Trinajstić information content (AvgIpc) is 2.63. The fraction of sp³-hybridized carbons (Fsp3) is 0.409. The highest BCUT2D eigenvalue weighted by atomic mass is 16.5. The van der Waals surface area contributed by atoms with E-state index in [0.717, 1.165) is 41.0 Å². The molecule has 0 fully saturated rings. The van der Waals surface area contributed by atoms with Crippen LogP contribution in [0.5, 0.6) is 5.75 Å². The number of aryl methyl sites for hydroxylation is 2. The van der Waals surface area contributed by atoms with E-state index in [1.54, 1.807) is 6.92 Å². The number of rotatable bonds is 7. The van der Waals surface area contributed by atoms with Gasteiger partial charge in [0.1, 0.15) is 5.75 Å². The number of hydrogen-bond acceptors (Lipinski definition) is 2. The third-order valence-corrected chi connectivity index (χ3v) is 4.72. The highest BCUT2D eigenvalue weighted by Gasteiger charge is 2.19. The monoisotopic (exact) mass is 339 g/mol. The van der Waals surface area contributed by atoms with E-state index in [1.807, 2.05) is 43.3 Å². The first kappa shape index (κ1) is 19.0. The van der Waals surface area contributed by atoms with Gasteiger partial charge in [-0.1, -0.05) is 57.2 Å². The van der Waals surface area contributed by atoms with Crippen molar-refractivity contribution in [2.45, 2.75) is 59.5 Å². The van der Waals surface area contributed by atoms with Gasteiger partial charge in [0.15, 0.2) is 6.10 Å². The topological polar surface area (TPSA) is 38.3 Å². The molecule has 3 heteroatoms. The molecule has 1 N–H and O–H groups in total. The maximum absolute atomic E-state index is 12.7. The van der Waals surface area contributed by atoms with Gasteiger partial charge < -0.3 is 10.1 Å². The summed E-state index contributed by atoms with van der Waals surface area (Å²) in [5.74, 6) is 1.07. The van der Waals surface area contributed by atoms with Gasteiger partial charge in [-0.25, -0.2) is 0 Å². The number of para-hydroxylation sites is 2. The van der Waals surface area contributed by atoms with Crippen LogP contribution < -0.4 is 10.1 Å². The molecule has 1 amide bonds. The lowest BCUT2D eigenvalue weighted by atomic mass is 9.98. The lowest BCUT2D eigenvalue weighted by Gasteiger charge is -2.21. The summed E-state index contributed by atoms with van der Waals surface area (Å²) in [4.78, 5) is 12.7. The molecule has 0 saturated carbocycles. The molecule has 2 aromatic rings. The molecule has 0 heterocycles. The maximum Gasteiger partial charge on any atom is 0.265 e. The number of hydrogen-bond donors (Lipinski definition) is 1. The van der Waals surface area contributed by atoms with Crippen LogP contribution in [0.15, 0.2) is 42.5 Å². The number of amides is 1. The summed E-state index contributed by atoms with van der Waals surface area (Å²) < 4.78 is 6.00. The zero-order valence-electron chi connectivity index (χ0n) is 15.9. The van der Waals surface area contributed by atoms with E-state index >= 15 is 0 Å². The molecule has 0 aliphatic rings. The van der Waals surface area contributed by atoms with Gasteiger partial charge in [0, 0.05) is 5.69 Å². The molecular formula is C22H29NO2. The molecular weight excluding hydrogens is 310 g/mol. The third-order valence-electron chi connectivity index (χ3n) is 4.72. The lowest BCUT2D eigenvalue weighted by Crippen LogP contribution is -2.31. The van der Waals surface area contributed by atoms with Crippen LogP contribution in [0, 0.1) is 6.92 Å².